The van der Waals surface area contributed by atoms with Crippen LogP contribution in [0.4, 0.5) is 0 Å². The molecule has 0 fully saturated rings. The van der Waals surface area contributed by atoms with Crippen LogP contribution in [0.1, 0.15) is 24.3 Å². The van der Waals surface area contributed by atoms with E-state index >= 15 is 0 Å². The van der Waals surface area contributed by atoms with Crippen LogP contribution < -0.4 is 4.72 Å². The van der Waals surface area contributed by atoms with Gasteiger partial charge in [0.1, 0.15) is 6.61 Å². The molecule has 0 atom stereocenters. The molecule has 0 unspecified atom stereocenters. The van der Waals surface area contributed by atoms with Crippen LogP contribution in [0.3, 0.4) is 0 Å². The van der Waals surface area contributed by atoms with Crippen LogP contribution in [-0.4, -0.2) is 25.4 Å². The van der Waals surface area contributed by atoms with Crippen LogP contribution in [0.5, 0.6) is 0 Å². The lowest BCUT2D eigenvalue weighted by Crippen LogP contribution is -2.30. The lowest BCUT2D eigenvalue weighted by Gasteiger charge is -2.08. The maximum Gasteiger partial charge on any atom is 0.214 e. The van der Waals surface area contributed by atoms with Crippen LogP contribution in [0.15, 0.2) is 11.4 Å². The zero-order valence-corrected chi connectivity index (χ0v) is 11.4. The topological polar surface area (TPSA) is 66.4 Å². The van der Waals surface area contributed by atoms with Crippen molar-refractivity contribution in [2.75, 3.05) is 6.61 Å². The highest BCUT2D eigenvalue weighted by molar-refractivity contribution is 7.90. The molecule has 4 nitrogen and oxygen atoms in total. The van der Waals surface area contributed by atoms with Gasteiger partial charge in [-0.1, -0.05) is 11.8 Å². The van der Waals surface area contributed by atoms with Gasteiger partial charge >= 0.3 is 0 Å². The van der Waals surface area contributed by atoms with Gasteiger partial charge in [0.15, 0.2) is 0 Å². The number of rotatable bonds is 4. The smallest absolute Gasteiger partial charge is 0.214 e. The molecule has 2 N–H and O–H groups in total. The molecule has 17 heavy (non-hydrogen) atoms. The standard InChI is InChI=1S/C11H15NO3S2/c1-9(2)17(14,15)12-8-11-10(4-3-6-13)5-7-16-11/h5,7,9,12-13H,6,8H2,1-2H3. The fourth-order valence-electron chi connectivity index (χ4n) is 1.06. The number of sulfonamides is 1. The van der Waals surface area contributed by atoms with Gasteiger partial charge in [0.2, 0.25) is 10.0 Å². The normalized spacial score (nSPS) is 11.3. The van der Waals surface area contributed by atoms with Gasteiger partial charge in [0, 0.05) is 17.0 Å². The van der Waals surface area contributed by atoms with Gasteiger partial charge in [0.25, 0.3) is 0 Å². The maximum atomic E-state index is 11.6. The van der Waals surface area contributed by atoms with E-state index in [9.17, 15) is 8.42 Å². The SMILES string of the molecule is CC(C)S(=O)(=O)NCc1sccc1C#CCO. The Balaban J connectivity index is 2.74. The van der Waals surface area contributed by atoms with E-state index in [-0.39, 0.29) is 13.2 Å². The highest BCUT2D eigenvalue weighted by Gasteiger charge is 2.15. The minimum absolute atomic E-state index is 0.201. The van der Waals surface area contributed by atoms with Crippen LogP contribution in [0.2, 0.25) is 0 Å². The lowest BCUT2D eigenvalue weighted by atomic mass is 10.2. The first-order chi connectivity index (χ1) is 7.97. The fraction of sp³-hybridized carbons (Fsp3) is 0.455. The summed E-state index contributed by atoms with van der Waals surface area (Å²) in [5.41, 5.74) is 0.760. The maximum absolute atomic E-state index is 11.6. The molecule has 1 aromatic heterocycles. The Bertz CT molecular complexity index is 520. The zero-order valence-electron chi connectivity index (χ0n) is 9.73. The summed E-state index contributed by atoms with van der Waals surface area (Å²) in [7, 11) is -3.25. The summed E-state index contributed by atoms with van der Waals surface area (Å²) in [6, 6.07) is 1.81. The first-order valence-electron chi connectivity index (χ1n) is 5.12. The first kappa shape index (κ1) is 14.2. The molecule has 0 saturated carbocycles. The summed E-state index contributed by atoms with van der Waals surface area (Å²) < 4.78 is 25.7. The van der Waals surface area contributed by atoms with Crippen molar-refractivity contribution in [3.8, 4) is 11.8 Å². The van der Waals surface area contributed by atoms with E-state index < -0.39 is 15.3 Å². The highest BCUT2D eigenvalue weighted by atomic mass is 32.2. The summed E-state index contributed by atoms with van der Waals surface area (Å²) in [5, 5.41) is 10.0. The summed E-state index contributed by atoms with van der Waals surface area (Å²) in [4.78, 5) is 0.857. The third-order valence-electron chi connectivity index (χ3n) is 2.10. The lowest BCUT2D eigenvalue weighted by molar-refractivity contribution is 0.350. The molecule has 0 spiro atoms. The molecule has 6 heteroatoms. The van der Waals surface area contributed by atoms with Crippen molar-refractivity contribution in [1.82, 2.24) is 4.72 Å². The molecule has 1 aromatic rings. The Morgan fingerprint density at radius 2 is 2.24 bits per heavy atom. The largest absolute Gasteiger partial charge is 0.384 e. The fourth-order valence-corrected chi connectivity index (χ4v) is 2.60. The molecule has 0 aliphatic rings. The number of thiophene rings is 1. The van der Waals surface area contributed by atoms with Crippen LogP contribution in [-0.2, 0) is 16.6 Å². The number of hydrogen-bond acceptors (Lipinski definition) is 4. The third kappa shape index (κ3) is 4.13. The van der Waals surface area contributed by atoms with E-state index in [1.54, 1.807) is 13.8 Å². The minimum atomic E-state index is -3.25. The highest BCUT2D eigenvalue weighted by Crippen LogP contribution is 2.16. The van der Waals surface area contributed by atoms with Crippen molar-refractivity contribution < 1.29 is 13.5 Å². The Morgan fingerprint density at radius 3 is 2.82 bits per heavy atom. The molecule has 94 valence electrons. The van der Waals surface area contributed by atoms with Crippen molar-refractivity contribution in [3.63, 3.8) is 0 Å². The Hall–Kier alpha value is -0.870. The zero-order chi connectivity index (χ0) is 12.9. The average molecular weight is 273 g/mol. The number of aliphatic hydroxyl groups is 1. The van der Waals surface area contributed by atoms with Crippen LogP contribution in [0.25, 0.3) is 0 Å². The van der Waals surface area contributed by atoms with Crippen molar-refractivity contribution in [3.05, 3.63) is 21.9 Å². The predicted octanol–water partition coefficient (Wildman–Crippen LogP) is 0.920. The molecule has 1 rings (SSSR count). The molecular formula is C11H15NO3S2. The monoisotopic (exact) mass is 273 g/mol. The molecule has 0 bridgehead atoms. The quantitative estimate of drug-likeness (QED) is 0.802. The molecule has 0 amide bonds. The van der Waals surface area contributed by atoms with Gasteiger partial charge in [-0.15, -0.1) is 11.3 Å². The average Bonchev–Trinajstić information content (AvgIpc) is 2.71. The van der Waals surface area contributed by atoms with Crippen molar-refractivity contribution >= 4 is 21.4 Å². The second-order valence-electron chi connectivity index (χ2n) is 3.63. The van der Waals surface area contributed by atoms with Crippen molar-refractivity contribution in [2.45, 2.75) is 25.6 Å². The second kappa shape index (κ2) is 6.17. The summed E-state index contributed by atoms with van der Waals surface area (Å²) in [6.45, 7) is 3.30. The van der Waals surface area contributed by atoms with Gasteiger partial charge in [-0.2, -0.15) is 0 Å². The predicted molar refractivity (Wildman–Crippen MR) is 69.2 cm³/mol. The van der Waals surface area contributed by atoms with E-state index in [2.05, 4.69) is 16.6 Å². The number of nitrogens with one attached hydrogen (secondary N) is 1. The van der Waals surface area contributed by atoms with E-state index in [0.29, 0.717) is 0 Å². The third-order valence-corrected chi connectivity index (χ3v) is 4.81. The minimum Gasteiger partial charge on any atom is -0.384 e. The van der Waals surface area contributed by atoms with E-state index in [1.165, 1.54) is 11.3 Å². The van der Waals surface area contributed by atoms with Crippen LogP contribution >= 0.6 is 11.3 Å². The first-order valence-corrected chi connectivity index (χ1v) is 7.54. The molecule has 0 radical (unpaired) electrons. The second-order valence-corrected chi connectivity index (χ2v) is 6.95. The Labute approximate surface area is 106 Å². The van der Waals surface area contributed by atoms with Crippen molar-refractivity contribution in [2.24, 2.45) is 0 Å². The van der Waals surface area contributed by atoms with Gasteiger partial charge in [-0.3, -0.25) is 0 Å². The molecule has 0 aliphatic heterocycles. The Morgan fingerprint density at radius 1 is 1.53 bits per heavy atom. The Kier molecular flexibility index (Phi) is 5.15. The number of aliphatic hydroxyl groups excluding tert-OH is 1. The summed E-state index contributed by atoms with van der Waals surface area (Å²) in [6.07, 6.45) is 0. The van der Waals surface area contributed by atoms with Gasteiger partial charge < -0.3 is 5.11 Å². The van der Waals surface area contributed by atoms with Gasteiger partial charge in [0.05, 0.1) is 5.25 Å². The van der Waals surface area contributed by atoms with Crippen LogP contribution in [0, 0.1) is 11.8 Å². The van der Waals surface area contributed by atoms with Crippen molar-refractivity contribution in [1.29, 1.82) is 0 Å². The number of hydrogen-bond donors (Lipinski definition) is 2. The van der Waals surface area contributed by atoms with E-state index in [1.807, 2.05) is 11.4 Å². The van der Waals surface area contributed by atoms with E-state index in [4.69, 9.17) is 5.11 Å². The molecule has 0 aliphatic carbocycles. The summed E-state index contributed by atoms with van der Waals surface area (Å²) in [5.74, 6) is 5.33. The van der Waals surface area contributed by atoms with Gasteiger partial charge in [-0.25, -0.2) is 13.1 Å². The molecule has 1 heterocycles. The summed E-state index contributed by atoms with van der Waals surface area (Å²) >= 11 is 1.44. The van der Waals surface area contributed by atoms with Gasteiger partial charge in [-0.05, 0) is 25.3 Å². The van der Waals surface area contributed by atoms with E-state index in [0.717, 1.165) is 10.4 Å². The molecular weight excluding hydrogens is 258 g/mol. The molecule has 0 aromatic carbocycles. The molecule has 0 saturated heterocycles.